The average molecular weight is 492 g/mol. The molecule has 7 nitrogen and oxygen atoms in total. The molecule has 35 heavy (non-hydrogen) atoms. The Bertz CT molecular complexity index is 1290. The number of ether oxygens (including phenoxy) is 1. The molecule has 8 heteroatoms. The quantitative estimate of drug-likeness (QED) is 0.425. The predicted molar refractivity (Wildman–Crippen MR) is 139 cm³/mol. The van der Waals surface area contributed by atoms with Crippen molar-refractivity contribution in [3.63, 3.8) is 0 Å². The van der Waals surface area contributed by atoms with Crippen molar-refractivity contribution in [2.24, 2.45) is 0 Å². The summed E-state index contributed by atoms with van der Waals surface area (Å²) in [5.74, 6) is -0.933. The fraction of sp³-hybridized carbons (Fsp3) is 0.296. The van der Waals surface area contributed by atoms with Crippen LogP contribution in [0.1, 0.15) is 45.3 Å². The number of aryl methyl sites for hydroxylation is 2. The zero-order valence-electron chi connectivity index (χ0n) is 20.5. The van der Waals surface area contributed by atoms with Gasteiger partial charge in [-0.25, -0.2) is 4.98 Å². The summed E-state index contributed by atoms with van der Waals surface area (Å²) < 4.78 is 5.77. The number of ketones is 1. The summed E-state index contributed by atoms with van der Waals surface area (Å²) in [6.07, 6.45) is 0.850. The summed E-state index contributed by atoms with van der Waals surface area (Å²) in [7, 11) is 3.88. The van der Waals surface area contributed by atoms with Gasteiger partial charge in [0.2, 0.25) is 5.78 Å². The third kappa shape index (κ3) is 4.66. The highest BCUT2D eigenvalue weighted by Crippen LogP contribution is 2.43. The molecule has 182 valence electrons. The van der Waals surface area contributed by atoms with E-state index in [4.69, 9.17) is 4.74 Å². The maximum absolute atomic E-state index is 13.7. The minimum atomic E-state index is -0.797. The van der Waals surface area contributed by atoms with Gasteiger partial charge in [0.1, 0.15) is 5.75 Å². The molecular weight excluding hydrogens is 462 g/mol. The number of amides is 1. The lowest BCUT2D eigenvalue weighted by molar-refractivity contribution is -0.117. The van der Waals surface area contributed by atoms with Gasteiger partial charge >= 0.3 is 0 Å². The molecule has 1 unspecified atom stereocenters. The Kier molecular flexibility index (Phi) is 6.93. The molecule has 1 N–H and O–H groups in total. The van der Waals surface area contributed by atoms with E-state index in [1.807, 2.05) is 63.2 Å². The number of aromatic nitrogens is 1. The molecule has 1 aromatic heterocycles. The number of Topliss-reactive ketones (excluding diaryl/α,β-unsaturated/α-hetero) is 1. The molecule has 0 radical (unpaired) electrons. The Labute approximate surface area is 209 Å². The van der Waals surface area contributed by atoms with Gasteiger partial charge in [-0.15, -0.1) is 11.3 Å². The highest BCUT2D eigenvalue weighted by molar-refractivity contribution is 7.14. The van der Waals surface area contributed by atoms with E-state index in [1.54, 1.807) is 25.1 Å². The van der Waals surface area contributed by atoms with E-state index in [-0.39, 0.29) is 11.4 Å². The summed E-state index contributed by atoms with van der Waals surface area (Å²) in [6.45, 7) is 6.15. The van der Waals surface area contributed by atoms with Crippen LogP contribution in [0.15, 0.2) is 59.9 Å². The third-order valence-electron chi connectivity index (χ3n) is 5.86. The van der Waals surface area contributed by atoms with E-state index < -0.39 is 17.7 Å². The van der Waals surface area contributed by atoms with Crippen LogP contribution in [0.25, 0.3) is 0 Å². The summed E-state index contributed by atoms with van der Waals surface area (Å²) in [6, 6.07) is 14.0. The minimum Gasteiger partial charge on any atom is -0.503 e. The number of benzene rings is 2. The number of hydrogen-bond donors (Lipinski definition) is 1. The Morgan fingerprint density at radius 3 is 2.49 bits per heavy atom. The molecule has 2 aromatic carbocycles. The third-order valence-corrected chi connectivity index (χ3v) is 6.93. The largest absolute Gasteiger partial charge is 0.503 e. The maximum Gasteiger partial charge on any atom is 0.294 e. The molecule has 3 aromatic rings. The van der Waals surface area contributed by atoms with Crippen molar-refractivity contribution in [1.82, 2.24) is 4.98 Å². The fourth-order valence-electron chi connectivity index (χ4n) is 4.18. The topological polar surface area (TPSA) is 83.0 Å². The van der Waals surface area contributed by atoms with E-state index in [2.05, 4.69) is 4.98 Å². The summed E-state index contributed by atoms with van der Waals surface area (Å²) in [4.78, 5) is 35.4. The van der Waals surface area contributed by atoms with Gasteiger partial charge in [-0.1, -0.05) is 25.1 Å². The van der Waals surface area contributed by atoms with E-state index >= 15 is 0 Å². The van der Waals surface area contributed by atoms with Crippen LogP contribution in [0.4, 0.5) is 11.4 Å². The van der Waals surface area contributed by atoms with Gasteiger partial charge in [0, 0.05) is 31.5 Å². The molecular formula is C27H29N3O4S. The van der Waals surface area contributed by atoms with Crippen LogP contribution in [0, 0.1) is 13.8 Å². The first-order valence-electron chi connectivity index (χ1n) is 11.5. The van der Waals surface area contributed by atoms with Crippen molar-refractivity contribution < 1.29 is 19.4 Å². The molecule has 1 amide bonds. The molecule has 0 bridgehead atoms. The van der Waals surface area contributed by atoms with Gasteiger partial charge in [-0.3, -0.25) is 14.5 Å². The van der Waals surface area contributed by atoms with E-state index in [9.17, 15) is 14.7 Å². The first kappa shape index (κ1) is 24.5. The second-order valence-corrected chi connectivity index (χ2v) is 9.85. The second kappa shape index (κ2) is 9.92. The van der Waals surface area contributed by atoms with Gasteiger partial charge < -0.3 is 14.7 Å². The Hall–Kier alpha value is -3.65. The molecule has 0 spiro atoms. The van der Waals surface area contributed by atoms with Crippen molar-refractivity contribution in [3.05, 3.63) is 81.0 Å². The first-order chi connectivity index (χ1) is 16.7. The van der Waals surface area contributed by atoms with E-state index in [1.165, 1.54) is 16.2 Å². The van der Waals surface area contributed by atoms with Crippen LogP contribution in [-0.2, 0) is 4.79 Å². The number of thiazole rings is 1. The van der Waals surface area contributed by atoms with Crippen LogP contribution >= 0.6 is 11.3 Å². The number of carbonyl (C=O) groups excluding carboxylic acids is 2. The second-order valence-electron chi connectivity index (χ2n) is 8.65. The summed E-state index contributed by atoms with van der Waals surface area (Å²) >= 11 is 1.26. The van der Waals surface area contributed by atoms with Crippen LogP contribution in [-0.4, -0.2) is 42.5 Å². The number of hydrogen-bond acceptors (Lipinski definition) is 7. The number of anilines is 2. The molecule has 0 saturated heterocycles. The summed E-state index contributed by atoms with van der Waals surface area (Å²) in [5.41, 5.74) is 2.88. The predicted octanol–water partition coefficient (Wildman–Crippen LogP) is 5.40. The number of carbonyl (C=O) groups is 2. The highest BCUT2D eigenvalue weighted by Gasteiger charge is 2.45. The lowest BCUT2D eigenvalue weighted by Crippen LogP contribution is -2.31. The van der Waals surface area contributed by atoms with E-state index in [0.29, 0.717) is 28.6 Å². The number of nitrogens with zero attached hydrogens (tertiary/aromatic N) is 3. The zero-order chi connectivity index (χ0) is 25.3. The number of rotatable bonds is 8. The number of aliphatic hydroxyl groups is 1. The lowest BCUT2D eigenvalue weighted by Gasteiger charge is -2.27. The first-order valence-corrected chi connectivity index (χ1v) is 12.3. The van der Waals surface area contributed by atoms with Crippen LogP contribution in [0.5, 0.6) is 5.75 Å². The highest BCUT2D eigenvalue weighted by atomic mass is 32.1. The van der Waals surface area contributed by atoms with Gasteiger partial charge in [0.15, 0.2) is 5.76 Å². The Morgan fingerprint density at radius 1 is 1.17 bits per heavy atom. The Morgan fingerprint density at radius 2 is 1.89 bits per heavy atom. The minimum absolute atomic E-state index is 0.0548. The molecule has 0 fully saturated rings. The van der Waals surface area contributed by atoms with Gasteiger partial charge in [-0.05, 0) is 50.1 Å². The van der Waals surface area contributed by atoms with Gasteiger partial charge in [-0.2, -0.15) is 0 Å². The van der Waals surface area contributed by atoms with Crippen LogP contribution < -0.4 is 14.5 Å². The van der Waals surface area contributed by atoms with Gasteiger partial charge in [0.05, 0.1) is 33.8 Å². The van der Waals surface area contributed by atoms with E-state index in [0.717, 1.165) is 22.7 Å². The standard InChI is InChI=1S/C27H29N3O4S/c1-6-14-34-21-9-7-8-20(15-21)30-23(18-10-12-19(13-11-18)29(4)5)22(25(32)27(30)33)24(31)26-16(2)28-17(3)35-26/h7-13,15,23,32H,6,14H2,1-5H3. The lowest BCUT2D eigenvalue weighted by atomic mass is 9.94. The van der Waals surface area contributed by atoms with Crippen LogP contribution in [0.3, 0.4) is 0 Å². The SMILES string of the molecule is CCCOc1cccc(N2C(=O)C(O)=C(C(=O)c3sc(C)nc3C)C2c2ccc(N(C)C)cc2)c1. The van der Waals surface area contributed by atoms with Gasteiger partial charge in [0.25, 0.3) is 5.91 Å². The molecule has 1 aliphatic rings. The summed E-state index contributed by atoms with van der Waals surface area (Å²) in [5, 5.41) is 11.8. The fourth-order valence-corrected chi connectivity index (χ4v) is 5.06. The molecule has 2 heterocycles. The average Bonchev–Trinajstić information content (AvgIpc) is 3.32. The van der Waals surface area contributed by atoms with Crippen molar-refractivity contribution >= 4 is 34.4 Å². The van der Waals surface area contributed by atoms with Crippen molar-refractivity contribution in [2.45, 2.75) is 33.2 Å². The monoisotopic (exact) mass is 491 g/mol. The van der Waals surface area contributed by atoms with Crippen molar-refractivity contribution in [3.8, 4) is 5.75 Å². The molecule has 4 rings (SSSR count). The van der Waals surface area contributed by atoms with Crippen molar-refractivity contribution in [1.29, 1.82) is 0 Å². The number of aliphatic hydroxyl groups excluding tert-OH is 1. The molecule has 0 saturated carbocycles. The normalized spacial score (nSPS) is 15.6. The zero-order valence-corrected chi connectivity index (χ0v) is 21.3. The molecule has 1 atom stereocenters. The molecule has 1 aliphatic heterocycles. The Balaban J connectivity index is 1.84. The molecule has 0 aliphatic carbocycles. The van der Waals surface area contributed by atoms with Crippen LogP contribution in [0.2, 0.25) is 0 Å². The van der Waals surface area contributed by atoms with Crippen molar-refractivity contribution in [2.75, 3.05) is 30.5 Å². The smallest absolute Gasteiger partial charge is 0.294 e. The maximum atomic E-state index is 13.7.